The predicted octanol–water partition coefficient (Wildman–Crippen LogP) is 3.90. The Kier molecular flexibility index (Phi) is 8.70. The number of ether oxygens (including phenoxy) is 1. The summed E-state index contributed by atoms with van der Waals surface area (Å²) in [5, 5.41) is 15.3. The highest BCUT2D eigenvalue weighted by molar-refractivity contribution is 5.79. The van der Waals surface area contributed by atoms with E-state index in [1.807, 2.05) is 28.8 Å². The maximum atomic E-state index is 6.05. The summed E-state index contributed by atoms with van der Waals surface area (Å²) in [5.41, 5.74) is 3.23. The second-order valence-electron chi connectivity index (χ2n) is 7.67. The van der Waals surface area contributed by atoms with Crippen LogP contribution in [0, 0.1) is 6.92 Å². The minimum Gasteiger partial charge on any atom is -0.493 e. The van der Waals surface area contributed by atoms with Crippen LogP contribution in [0.5, 0.6) is 5.75 Å². The molecule has 0 bridgehead atoms. The lowest BCUT2D eigenvalue weighted by Gasteiger charge is -2.15. The molecule has 0 atom stereocenters. The number of nitrogens with zero attached hydrogens (tertiary/aromatic N) is 4. The molecule has 0 unspecified atom stereocenters. The molecule has 7 heteroatoms. The molecule has 2 N–H and O–H groups in total. The fourth-order valence-electron chi connectivity index (χ4n) is 3.39. The zero-order chi connectivity index (χ0) is 21.9. The topological polar surface area (TPSA) is 75.8 Å². The van der Waals surface area contributed by atoms with Crippen LogP contribution in [-0.2, 0) is 13.0 Å². The average molecular weight is 423 g/mol. The lowest BCUT2D eigenvalue weighted by Crippen LogP contribution is -2.37. The second-order valence-corrected chi connectivity index (χ2v) is 7.67. The largest absolute Gasteiger partial charge is 0.493 e. The van der Waals surface area contributed by atoms with E-state index in [9.17, 15) is 0 Å². The van der Waals surface area contributed by atoms with E-state index in [-0.39, 0.29) is 0 Å². The number of fused-ring (bicyclic) bond motifs is 1. The third-order valence-electron chi connectivity index (χ3n) is 5.15. The molecule has 1 aromatic carbocycles. The van der Waals surface area contributed by atoms with Crippen molar-refractivity contribution in [2.45, 2.75) is 52.5 Å². The van der Waals surface area contributed by atoms with Crippen LogP contribution in [0.15, 0.2) is 47.6 Å². The summed E-state index contributed by atoms with van der Waals surface area (Å²) in [6.07, 6.45) is 7.26. The minimum atomic E-state index is 0.665. The Labute approximate surface area is 185 Å². The van der Waals surface area contributed by atoms with Crippen molar-refractivity contribution >= 4 is 11.6 Å². The number of aromatic nitrogens is 3. The van der Waals surface area contributed by atoms with Gasteiger partial charge in [0.05, 0.1) is 6.61 Å². The van der Waals surface area contributed by atoms with Gasteiger partial charge in [-0.05, 0) is 43.5 Å². The highest BCUT2D eigenvalue weighted by Crippen LogP contribution is 2.20. The Hall–Kier alpha value is -3.09. The van der Waals surface area contributed by atoms with Gasteiger partial charge in [0.25, 0.3) is 0 Å². The first-order valence-electron chi connectivity index (χ1n) is 11.2. The molecule has 0 saturated carbocycles. The van der Waals surface area contributed by atoms with E-state index in [0.29, 0.717) is 6.54 Å². The number of hydrogen-bond acceptors (Lipinski definition) is 4. The number of pyridine rings is 1. The molecule has 0 aliphatic carbocycles. The Morgan fingerprint density at radius 3 is 2.84 bits per heavy atom. The standard InChI is InChI=1S/C24H34N6O/c1-4-5-8-16-31-21-17-19(2)12-13-20(21)18-27-24(25-3)26-14-9-11-23-29-28-22-10-6-7-15-30(22)23/h6-7,10,12-13,15,17H,4-5,8-9,11,14,16,18H2,1-3H3,(H2,25,26,27). The zero-order valence-corrected chi connectivity index (χ0v) is 18.9. The van der Waals surface area contributed by atoms with E-state index >= 15 is 0 Å². The molecule has 0 spiro atoms. The van der Waals surface area contributed by atoms with Crippen LogP contribution in [0.4, 0.5) is 0 Å². The van der Waals surface area contributed by atoms with Gasteiger partial charge in [0.15, 0.2) is 11.6 Å². The van der Waals surface area contributed by atoms with Crippen LogP contribution in [0.1, 0.15) is 49.6 Å². The Morgan fingerprint density at radius 2 is 2.00 bits per heavy atom. The van der Waals surface area contributed by atoms with Gasteiger partial charge in [-0.3, -0.25) is 9.39 Å². The van der Waals surface area contributed by atoms with Crippen LogP contribution in [0.2, 0.25) is 0 Å². The first-order valence-corrected chi connectivity index (χ1v) is 11.2. The van der Waals surface area contributed by atoms with Crippen molar-refractivity contribution in [1.29, 1.82) is 0 Å². The summed E-state index contributed by atoms with van der Waals surface area (Å²) in [6.45, 7) is 6.52. The smallest absolute Gasteiger partial charge is 0.191 e. The normalized spacial score (nSPS) is 11.6. The van der Waals surface area contributed by atoms with E-state index in [0.717, 1.165) is 61.2 Å². The van der Waals surface area contributed by atoms with Gasteiger partial charge < -0.3 is 15.4 Å². The monoisotopic (exact) mass is 422 g/mol. The van der Waals surface area contributed by atoms with E-state index in [4.69, 9.17) is 4.74 Å². The van der Waals surface area contributed by atoms with Crippen LogP contribution in [-0.4, -0.2) is 40.8 Å². The van der Waals surface area contributed by atoms with Gasteiger partial charge in [0, 0.05) is 38.3 Å². The van der Waals surface area contributed by atoms with Crippen molar-refractivity contribution in [2.75, 3.05) is 20.2 Å². The Balaban J connectivity index is 1.46. The van der Waals surface area contributed by atoms with Crippen molar-refractivity contribution in [1.82, 2.24) is 25.2 Å². The quantitative estimate of drug-likeness (QED) is 0.278. The van der Waals surface area contributed by atoms with E-state index in [1.54, 1.807) is 7.05 Å². The maximum Gasteiger partial charge on any atom is 0.191 e. The van der Waals surface area contributed by atoms with Gasteiger partial charge in [-0.1, -0.05) is 38.0 Å². The molecule has 0 amide bonds. The Morgan fingerprint density at radius 1 is 1.10 bits per heavy atom. The van der Waals surface area contributed by atoms with Crippen LogP contribution in [0.25, 0.3) is 5.65 Å². The molecule has 7 nitrogen and oxygen atoms in total. The predicted molar refractivity (Wildman–Crippen MR) is 126 cm³/mol. The third kappa shape index (κ3) is 6.70. The highest BCUT2D eigenvalue weighted by atomic mass is 16.5. The first-order chi connectivity index (χ1) is 15.2. The van der Waals surface area contributed by atoms with E-state index in [1.165, 1.54) is 18.4 Å². The summed E-state index contributed by atoms with van der Waals surface area (Å²) >= 11 is 0. The molecule has 3 aromatic rings. The fraction of sp³-hybridized carbons (Fsp3) is 0.458. The number of benzene rings is 1. The molecule has 2 aromatic heterocycles. The lowest BCUT2D eigenvalue weighted by molar-refractivity contribution is 0.303. The molecule has 0 saturated heterocycles. The van der Waals surface area contributed by atoms with Crippen LogP contribution >= 0.6 is 0 Å². The van der Waals surface area contributed by atoms with Crippen molar-refractivity contribution in [3.63, 3.8) is 0 Å². The van der Waals surface area contributed by atoms with Crippen molar-refractivity contribution < 1.29 is 4.74 Å². The fourth-order valence-corrected chi connectivity index (χ4v) is 3.39. The molecular weight excluding hydrogens is 388 g/mol. The van der Waals surface area contributed by atoms with Gasteiger partial charge in [-0.25, -0.2) is 0 Å². The first kappa shape index (κ1) is 22.6. The molecule has 0 aliphatic heterocycles. The summed E-state index contributed by atoms with van der Waals surface area (Å²) in [4.78, 5) is 4.34. The summed E-state index contributed by atoms with van der Waals surface area (Å²) in [5.74, 6) is 2.71. The van der Waals surface area contributed by atoms with Crippen LogP contribution in [0.3, 0.4) is 0 Å². The molecular formula is C24H34N6O. The van der Waals surface area contributed by atoms with Crippen molar-refractivity contribution in [3.8, 4) is 5.75 Å². The number of unbranched alkanes of at least 4 members (excludes halogenated alkanes) is 2. The Bertz CT molecular complexity index is 981. The number of guanidine groups is 1. The highest BCUT2D eigenvalue weighted by Gasteiger charge is 2.07. The van der Waals surface area contributed by atoms with Crippen molar-refractivity contribution in [2.24, 2.45) is 4.99 Å². The van der Waals surface area contributed by atoms with Gasteiger partial charge in [0.2, 0.25) is 0 Å². The number of aryl methyl sites for hydroxylation is 2. The summed E-state index contributed by atoms with van der Waals surface area (Å²) in [7, 11) is 1.79. The third-order valence-corrected chi connectivity index (χ3v) is 5.15. The molecule has 0 fully saturated rings. The van der Waals surface area contributed by atoms with Gasteiger partial charge in [-0.2, -0.15) is 0 Å². The van der Waals surface area contributed by atoms with Gasteiger partial charge >= 0.3 is 0 Å². The SMILES string of the molecule is CCCCCOc1cc(C)ccc1CNC(=NC)NCCCc1nnc2ccccn12. The van der Waals surface area contributed by atoms with E-state index < -0.39 is 0 Å². The molecule has 0 aliphatic rings. The number of nitrogens with one attached hydrogen (secondary N) is 2. The number of aliphatic imine (C=N–C) groups is 1. The van der Waals surface area contributed by atoms with Gasteiger partial charge in [-0.15, -0.1) is 10.2 Å². The lowest BCUT2D eigenvalue weighted by atomic mass is 10.1. The molecule has 31 heavy (non-hydrogen) atoms. The minimum absolute atomic E-state index is 0.665. The number of hydrogen-bond donors (Lipinski definition) is 2. The maximum absolute atomic E-state index is 6.05. The van der Waals surface area contributed by atoms with Crippen molar-refractivity contribution in [3.05, 3.63) is 59.5 Å². The molecule has 3 rings (SSSR count). The summed E-state index contributed by atoms with van der Waals surface area (Å²) < 4.78 is 8.08. The zero-order valence-electron chi connectivity index (χ0n) is 18.9. The summed E-state index contributed by atoms with van der Waals surface area (Å²) in [6, 6.07) is 12.3. The average Bonchev–Trinajstić information content (AvgIpc) is 3.20. The molecule has 2 heterocycles. The van der Waals surface area contributed by atoms with Gasteiger partial charge in [0.1, 0.15) is 11.6 Å². The van der Waals surface area contributed by atoms with E-state index in [2.05, 4.69) is 57.9 Å². The number of rotatable bonds is 11. The molecule has 166 valence electrons. The second kappa shape index (κ2) is 11.9. The molecule has 0 radical (unpaired) electrons. The van der Waals surface area contributed by atoms with Crippen LogP contribution < -0.4 is 15.4 Å².